The van der Waals surface area contributed by atoms with Crippen LogP contribution >= 0.6 is 23.2 Å². The van der Waals surface area contributed by atoms with E-state index in [9.17, 15) is 14.4 Å². The zero-order chi connectivity index (χ0) is 24.8. The minimum absolute atomic E-state index is 0.117. The lowest BCUT2D eigenvalue weighted by molar-refractivity contribution is -0.117. The maximum atomic E-state index is 13.2. The average Bonchev–Trinajstić information content (AvgIpc) is 2.84. The topological polar surface area (TPSA) is 92.7 Å². The van der Waals surface area contributed by atoms with Gasteiger partial charge in [0.2, 0.25) is 17.6 Å². The van der Waals surface area contributed by atoms with Gasteiger partial charge in [-0.3, -0.25) is 14.4 Å². The first-order valence-electron chi connectivity index (χ1n) is 10.2. The number of ketones is 1. The maximum absolute atomic E-state index is 13.2. The van der Waals surface area contributed by atoms with E-state index in [4.69, 9.17) is 27.9 Å². The first-order chi connectivity index (χ1) is 16.2. The summed E-state index contributed by atoms with van der Waals surface area (Å²) in [5.41, 5.74) is 1.68. The Balaban J connectivity index is 1.90. The van der Waals surface area contributed by atoms with Crippen LogP contribution in [0.3, 0.4) is 0 Å². The molecule has 3 rings (SSSR count). The number of hydrogen-bond acceptors (Lipinski definition) is 6. The van der Waals surface area contributed by atoms with E-state index in [1.165, 1.54) is 29.2 Å². The van der Waals surface area contributed by atoms with E-state index in [1.807, 2.05) is 0 Å². The number of anilines is 1. The number of carbonyl (C=O) groups is 3. The van der Waals surface area contributed by atoms with E-state index >= 15 is 0 Å². The molecule has 10 heteroatoms. The van der Waals surface area contributed by atoms with Gasteiger partial charge >= 0.3 is 0 Å². The van der Waals surface area contributed by atoms with Crippen molar-refractivity contribution in [1.82, 2.24) is 14.9 Å². The van der Waals surface area contributed by atoms with Crippen LogP contribution in [0.2, 0.25) is 10.0 Å². The van der Waals surface area contributed by atoms with Crippen LogP contribution in [0, 0.1) is 0 Å². The fourth-order valence-electron chi connectivity index (χ4n) is 3.09. The van der Waals surface area contributed by atoms with Gasteiger partial charge in [-0.15, -0.1) is 0 Å². The van der Waals surface area contributed by atoms with Crippen molar-refractivity contribution in [1.29, 1.82) is 0 Å². The molecule has 34 heavy (non-hydrogen) atoms. The Labute approximate surface area is 207 Å². The van der Waals surface area contributed by atoms with Crippen molar-refractivity contribution in [3.8, 4) is 5.88 Å². The molecule has 0 aliphatic rings. The molecule has 8 nitrogen and oxygen atoms in total. The van der Waals surface area contributed by atoms with E-state index in [-0.39, 0.29) is 24.2 Å². The molecule has 3 aromatic rings. The maximum Gasteiger partial charge on any atom is 0.253 e. The second-order valence-corrected chi connectivity index (χ2v) is 8.31. The number of aromatic nitrogens is 2. The molecule has 0 fully saturated rings. The summed E-state index contributed by atoms with van der Waals surface area (Å²) in [4.78, 5) is 49.0. The number of rotatable bonds is 8. The summed E-state index contributed by atoms with van der Waals surface area (Å²) in [6.45, 7) is 0.128. The predicted octanol–water partition coefficient (Wildman–Crippen LogP) is 4.30. The lowest BCUT2D eigenvalue weighted by Gasteiger charge is -2.23. The van der Waals surface area contributed by atoms with Crippen LogP contribution in [-0.2, 0) is 11.3 Å². The highest BCUT2D eigenvalue weighted by atomic mass is 35.5. The number of nitrogens with zero attached hydrogens (tertiary/aromatic N) is 4. The molecule has 0 radical (unpaired) electrons. The summed E-state index contributed by atoms with van der Waals surface area (Å²) in [7, 11) is 4.73. The monoisotopic (exact) mass is 500 g/mol. The predicted molar refractivity (Wildman–Crippen MR) is 130 cm³/mol. The van der Waals surface area contributed by atoms with Gasteiger partial charge in [-0.2, -0.15) is 4.98 Å². The number of carbonyl (C=O) groups excluding carboxylic acids is 3. The van der Waals surface area contributed by atoms with Gasteiger partial charge in [-0.1, -0.05) is 29.3 Å². The summed E-state index contributed by atoms with van der Waals surface area (Å²) in [5, 5.41) is 0.736. The minimum atomic E-state index is -0.553. The molecular formula is C24H22Cl2N4O4. The van der Waals surface area contributed by atoms with Crippen LogP contribution in [0.4, 0.5) is 5.69 Å². The van der Waals surface area contributed by atoms with Crippen LogP contribution < -0.4 is 9.64 Å². The molecule has 0 saturated carbocycles. The van der Waals surface area contributed by atoms with E-state index < -0.39 is 18.1 Å². The zero-order valence-corrected chi connectivity index (χ0v) is 20.3. The number of halogens is 2. The van der Waals surface area contributed by atoms with E-state index in [0.717, 1.165) is 0 Å². The van der Waals surface area contributed by atoms with Gasteiger partial charge in [-0.25, -0.2) is 4.98 Å². The SMILES string of the molecule is COc1ccnc(C(=O)CC(=O)N(Cc2ccc(Cl)c(Cl)c2)c2ccc(C(=O)N(C)C)cc2)n1. The number of ether oxygens (including phenoxy) is 1. The lowest BCUT2D eigenvalue weighted by atomic mass is 10.1. The molecule has 2 aromatic carbocycles. The number of methoxy groups -OCH3 is 1. The van der Waals surface area contributed by atoms with Crippen molar-refractivity contribution in [2.45, 2.75) is 13.0 Å². The Morgan fingerprint density at radius 1 is 0.971 bits per heavy atom. The van der Waals surface area contributed by atoms with Crippen molar-refractivity contribution in [2.75, 3.05) is 26.1 Å². The summed E-state index contributed by atoms with van der Waals surface area (Å²) < 4.78 is 5.02. The zero-order valence-electron chi connectivity index (χ0n) is 18.8. The molecule has 0 spiro atoms. The summed E-state index contributed by atoms with van der Waals surface area (Å²) in [5.74, 6) is -1.09. The standard InChI is InChI=1S/C24H22Cl2N4O4/c1-29(2)24(33)16-5-7-17(8-6-16)30(14-15-4-9-18(25)19(26)12-15)22(32)13-20(31)23-27-11-10-21(28-23)34-3/h4-12H,13-14H2,1-3H3. The van der Waals surface area contributed by atoms with Gasteiger partial charge in [0.25, 0.3) is 5.91 Å². The molecule has 0 unspecified atom stereocenters. The Morgan fingerprint density at radius 3 is 2.29 bits per heavy atom. The lowest BCUT2D eigenvalue weighted by Crippen LogP contribution is -2.32. The number of benzene rings is 2. The van der Waals surface area contributed by atoms with Gasteiger partial charge in [-0.05, 0) is 42.0 Å². The fraction of sp³-hybridized carbons (Fsp3) is 0.208. The molecule has 0 aliphatic carbocycles. The van der Waals surface area contributed by atoms with Gasteiger partial charge in [0.1, 0.15) is 0 Å². The third-order valence-corrected chi connectivity index (χ3v) is 5.60. The van der Waals surface area contributed by atoms with Gasteiger partial charge < -0.3 is 14.5 Å². The summed E-state index contributed by atoms with van der Waals surface area (Å²) >= 11 is 12.2. The second kappa shape index (κ2) is 11.1. The third-order valence-electron chi connectivity index (χ3n) is 4.86. The van der Waals surface area contributed by atoms with Crippen molar-refractivity contribution in [3.05, 3.63) is 81.7 Å². The Kier molecular flexibility index (Phi) is 8.20. The van der Waals surface area contributed by atoms with E-state index in [2.05, 4.69) is 9.97 Å². The number of hydrogen-bond donors (Lipinski definition) is 0. The highest BCUT2D eigenvalue weighted by Gasteiger charge is 2.23. The Hall–Kier alpha value is -3.49. The molecular weight excluding hydrogens is 479 g/mol. The van der Waals surface area contributed by atoms with Crippen molar-refractivity contribution >= 4 is 46.5 Å². The average molecular weight is 501 g/mol. The molecule has 1 aromatic heterocycles. The van der Waals surface area contributed by atoms with Crippen molar-refractivity contribution < 1.29 is 19.1 Å². The molecule has 176 valence electrons. The van der Waals surface area contributed by atoms with Gasteiger partial charge in [0.15, 0.2) is 5.82 Å². The molecule has 0 aliphatic heterocycles. The highest BCUT2D eigenvalue weighted by Crippen LogP contribution is 2.26. The first-order valence-corrected chi connectivity index (χ1v) is 10.9. The van der Waals surface area contributed by atoms with Crippen LogP contribution in [-0.4, -0.2) is 53.7 Å². The van der Waals surface area contributed by atoms with Crippen LogP contribution in [0.25, 0.3) is 0 Å². The molecule has 1 heterocycles. The molecule has 0 N–H and O–H groups in total. The summed E-state index contributed by atoms with van der Waals surface area (Å²) in [6.07, 6.45) is 0.921. The molecule has 2 amide bonds. The molecule has 0 bridgehead atoms. The van der Waals surface area contributed by atoms with Crippen LogP contribution in [0.1, 0.15) is 33.0 Å². The fourth-order valence-corrected chi connectivity index (χ4v) is 3.41. The van der Waals surface area contributed by atoms with E-state index in [1.54, 1.807) is 56.6 Å². The highest BCUT2D eigenvalue weighted by molar-refractivity contribution is 6.42. The number of amides is 2. The van der Waals surface area contributed by atoms with Crippen LogP contribution in [0.15, 0.2) is 54.7 Å². The quantitative estimate of drug-likeness (QED) is 0.338. The normalized spacial score (nSPS) is 10.5. The largest absolute Gasteiger partial charge is 0.481 e. The second-order valence-electron chi connectivity index (χ2n) is 7.50. The first kappa shape index (κ1) is 25.1. The minimum Gasteiger partial charge on any atom is -0.481 e. The Bertz CT molecular complexity index is 1220. The van der Waals surface area contributed by atoms with Crippen LogP contribution in [0.5, 0.6) is 5.88 Å². The molecule has 0 saturated heterocycles. The summed E-state index contributed by atoms with van der Waals surface area (Å²) in [6, 6.07) is 13.1. The van der Waals surface area contributed by atoms with Gasteiger partial charge in [0.05, 0.1) is 30.1 Å². The third kappa shape index (κ3) is 6.09. The van der Waals surface area contributed by atoms with Crippen molar-refractivity contribution in [2.24, 2.45) is 0 Å². The van der Waals surface area contributed by atoms with Gasteiger partial charge in [0, 0.05) is 37.6 Å². The van der Waals surface area contributed by atoms with Crippen molar-refractivity contribution in [3.63, 3.8) is 0 Å². The molecule has 0 atom stereocenters. The smallest absolute Gasteiger partial charge is 0.253 e. The number of Topliss-reactive ketones (excluding diaryl/α,β-unsaturated/α-hetero) is 1. The Morgan fingerprint density at radius 2 is 1.68 bits per heavy atom. The van der Waals surface area contributed by atoms with E-state index in [0.29, 0.717) is 26.9 Å².